The van der Waals surface area contributed by atoms with Crippen molar-refractivity contribution in [1.82, 2.24) is 4.83 Å². The lowest BCUT2D eigenvalue weighted by atomic mass is 9.84. The predicted molar refractivity (Wildman–Crippen MR) is 113 cm³/mol. The average molecular weight is 416 g/mol. The Morgan fingerprint density at radius 2 is 1.76 bits per heavy atom. The Balaban J connectivity index is 1.74. The maximum atomic E-state index is 12.5. The van der Waals surface area contributed by atoms with Gasteiger partial charge in [0, 0.05) is 11.6 Å². The molecule has 0 bridgehead atoms. The number of benzene rings is 2. The quantitative estimate of drug-likeness (QED) is 0.421. The van der Waals surface area contributed by atoms with Crippen molar-refractivity contribution < 1.29 is 13.3 Å². The molecule has 3 rings (SSSR count). The first-order valence-corrected chi connectivity index (χ1v) is 11.2. The standard InChI is InChI=1S/C21H25N3O4S/c1-15-8-13-20(14-21(15)24(25)26)29(27,28)23-22-16(2)17-9-11-19(12-10-17)18-6-4-3-5-7-18/h8-14,18,23H,3-7H2,1-2H3/b22-16-. The molecule has 29 heavy (non-hydrogen) atoms. The lowest BCUT2D eigenvalue weighted by Crippen LogP contribution is -2.20. The largest absolute Gasteiger partial charge is 0.276 e. The molecule has 2 aromatic carbocycles. The minimum atomic E-state index is -4.00. The van der Waals surface area contributed by atoms with E-state index in [1.807, 2.05) is 12.1 Å². The average Bonchev–Trinajstić information content (AvgIpc) is 2.73. The molecule has 0 heterocycles. The Labute approximate surface area is 171 Å². The molecule has 0 aliphatic heterocycles. The van der Waals surface area contributed by atoms with Gasteiger partial charge in [-0.1, -0.05) is 49.6 Å². The molecule has 0 saturated heterocycles. The second-order valence-electron chi connectivity index (χ2n) is 7.45. The van der Waals surface area contributed by atoms with Gasteiger partial charge in [0.1, 0.15) is 0 Å². The SMILES string of the molecule is C/C(=N/NS(=O)(=O)c1ccc(C)c([N+](=O)[O-])c1)c1ccc(C2CCCCC2)cc1. The highest BCUT2D eigenvalue weighted by Gasteiger charge is 2.20. The number of sulfonamides is 1. The Hall–Kier alpha value is -2.74. The van der Waals surface area contributed by atoms with E-state index in [9.17, 15) is 18.5 Å². The fourth-order valence-electron chi connectivity index (χ4n) is 3.63. The van der Waals surface area contributed by atoms with E-state index in [1.54, 1.807) is 13.8 Å². The first-order valence-electron chi connectivity index (χ1n) is 9.69. The van der Waals surface area contributed by atoms with Crippen LogP contribution in [0.2, 0.25) is 0 Å². The van der Waals surface area contributed by atoms with Gasteiger partial charge in [-0.05, 0) is 49.8 Å². The molecule has 1 N–H and O–H groups in total. The molecule has 1 aliphatic rings. The second-order valence-corrected chi connectivity index (χ2v) is 9.12. The highest BCUT2D eigenvalue weighted by molar-refractivity contribution is 7.89. The van der Waals surface area contributed by atoms with Crippen LogP contribution in [-0.4, -0.2) is 19.1 Å². The van der Waals surface area contributed by atoms with Crippen LogP contribution < -0.4 is 4.83 Å². The fraction of sp³-hybridized carbons (Fsp3) is 0.381. The van der Waals surface area contributed by atoms with Crippen molar-refractivity contribution in [2.24, 2.45) is 5.10 Å². The Bertz CT molecular complexity index is 1020. The number of nitro groups is 1. The topological polar surface area (TPSA) is 102 Å². The highest BCUT2D eigenvalue weighted by atomic mass is 32.2. The molecule has 0 aromatic heterocycles. The maximum absolute atomic E-state index is 12.5. The minimum Gasteiger partial charge on any atom is -0.258 e. The van der Waals surface area contributed by atoms with Crippen molar-refractivity contribution in [3.8, 4) is 0 Å². The van der Waals surface area contributed by atoms with E-state index in [0.29, 0.717) is 17.2 Å². The summed E-state index contributed by atoms with van der Waals surface area (Å²) < 4.78 is 24.9. The Kier molecular flexibility index (Phi) is 6.32. The third-order valence-electron chi connectivity index (χ3n) is 5.43. The number of nitrogens with zero attached hydrogens (tertiary/aromatic N) is 2. The molecule has 1 aliphatic carbocycles. The first-order chi connectivity index (χ1) is 13.8. The summed E-state index contributed by atoms with van der Waals surface area (Å²) in [4.78, 5) is 12.4. The van der Waals surface area contributed by atoms with E-state index < -0.39 is 14.9 Å². The predicted octanol–water partition coefficient (Wildman–Crippen LogP) is 4.65. The number of rotatable bonds is 6. The molecule has 1 saturated carbocycles. The normalized spacial score (nSPS) is 15.9. The van der Waals surface area contributed by atoms with Gasteiger partial charge >= 0.3 is 0 Å². The van der Waals surface area contributed by atoms with Crippen molar-refractivity contribution in [2.75, 3.05) is 0 Å². The van der Waals surface area contributed by atoms with Gasteiger partial charge in [0.15, 0.2) is 0 Å². The van der Waals surface area contributed by atoms with Crippen LogP contribution in [-0.2, 0) is 10.0 Å². The van der Waals surface area contributed by atoms with Crippen molar-refractivity contribution in [3.05, 3.63) is 69.3 Å². The number of hydrogen-bond acceptors (Lipinski definition) is 5. The van der Waals surface area contributed by atoms with Crippen LogP contribution in [0.25, 0.3) is 0 Å². The van der Waals surface area contributed by atoms with Gasteiger partial charge in [0.05, 0.1) is 15.5 Å². The molecule has 8 heteroatoms. The molecule has 2 aromatic rings. The highest BCUT2D eigenvalue weighted by Crippen LogP contribution is 2.32. The third-order valence-corrected chi connectivity index (χ3v) is 6.63. The molecule has 1 fully saturated rings. The van der Waals surface area contributed by atoms with E-state index in [1.165, 1.54) is 49.8 Å². The molecule has 154 valence electrons. The maximum Gasteiger partial charge on any atom is 0.276 e. The number of hydrazone groups is 1. The Morgan fingerprint density at radius 1 is 1.10 bits per heavy atom. The van der Waals surface area contributed by atoms with Gasteiger partial charge in [0.2, 0.25) is 0 Å². The second kappa shape index (κ2) is 8.73. The summed E-state index contributed by atoms with van der Waals surface area (Å²) >= 11 is 0. The zero-order chi connectivity index (χ0) is 21.0. The fourth-order valence-corrected chi connectivity index (χ4v) is 4.51. The monoisotopic (exact) mass is 415 g/mol. The summed E-state index contributed by atoms with van der Waals surface area (Å²) in [5.74, 6) is 0.603. The van der Waals surface area contributed by atoms with Gasteiger partial charge in [-0.15, -0.1) is 0 Å². The van der Waals surface area contributed by atoms with Crippen LogP contribution in [0.15, 0.2) is 52.5 Å². The lowest BCUT2D eigenvalue weighted by molar-refractivity contribution is -0.385. The number of aryl methyl sites for hydroxylation is 1. The van der Waals surface area contributed by atoms with Crippen molar-refractivity contribution >= 4 is 21.4 Å². The van der Waals surface area contributed by atoms with Crippen LogP contribution in [0.3, 0.4) is 0 Å². The molecule has 7 nitrogen and oxygen atoms in total. The van der Waals surface area contributed by atoms with E-state index in [-0.39, 0.29) is 10.6 Å². The summed E-state index contributed by atoms with van der Waals surface area (Å²) in [7, 11) is -4.00. The van der Waals surface area contributed by atoms with Crippen LogP contribution in [0, 0.1) is 17.0 Å². The van der Waals surface area contributed by atoms with Crippen molar-refractivity contribution in [2.45, 2.75) is 56.8 Å². The molecular formula is C21H25N3O4S. The lowest BCUT2D eigenvalue weighted by Gasteiger charge is -2.22. The van der Waals surface area contributed by atoms with Crippen LogP contribution in [0.1, 0.15) is 61.6 Å². The van der Waals surface area contributed by atoms with Gasteiger partial charge in [0.25, 0.3) is 15.7 Å². The zero-order valence-corrected chi connectivity index (χ0v) is 17.4. The smallest absolute Gasteiger partial charge is 0.258 e. The van der Waals surface area contributed by atoms with Crippen LogP contribution in [0.5, 0.6) is 0 Å². The zero-order valence-electron chi connectivity index (χ0n) is 16.6. The summed E-state index contributed by atoms with van der Waals surface area (Å²) in [6.07, 6.45) is 6.28. The number of nitrogens with one attached hydrogen (secondary N) is 1. The molecule has 0 atom stereocenters. The van der Waals surface area contributed by atoms with Crippen LogP contribution >= 0.6 is 0 Å². The first kappa shape index (κ1) is 21.0. The van der Waals surface area contributed by atoms with Gasteiger partial charge < -0.3 is 0 Å². The summed E-state index contributed by atoms with van der Waals surface area (Å²) in [6.45, 7) is 3.27. The molecule has 0 radical (unpaired) electrons. The molecule has 0 amide bonds. The summed E-state index contributed by atoms with van der Waals surface area (Å²) in [5.41, 5.74) is 2.81. The van der Waals surface area contributed by atoms with Crippen molar-refractivity contribution in [1.29, 1.82) is 0 Å². The molecule has 0 unspecified atom stereocenters. The Morgan fingerprint density at radius 3 is 2.38 bits per heavy atom. The summed E-state index contributed by atoms with van der Waals surface area (Å²) in [5, 5.41) is 15.0. The third kappa shape index (κ3) is 5.00. The molecular weight excluding hydrogens is 390 g/mol. The number of hydrogen-bond donors (Lipinski definition) is 1. The summed E-state index contributed by atoms with van der Waals surface area (Å²) in [6, 6.07) is 11.9. The minimum absolute atomic E-state index is 0.195. The van der Waals surface area contributed by atoms with Gasteiger partial charge in [-0.2, -0.15) is 18.4 Å². The van der Waals surface area contributed by atoms with E-state index in [0.717, 1.165) is 11.6 Å². The van der Waals surface area contributed by atoms with Gasteiger partial charge in [-0.3, -0.25) is 10.1 Å². The molecule has 0 spiro atoms. The van der Waals surface area contributed by atoms with Crippen molar-refractivity contribution in [3.63, 3.8) is 0 Å². The van der Waals surface area contributed by atoms with Gasteiger partial charge in [-0.25, -0.2) is 0 Å². The number of nitro benzene ring substituents is 1. The van der Waals surface area contributed by atoms with E-state index >= 15 is 0 Å². The van der Waals surface area contributed by atoms with E-state index in [4.69, 9.17) is 0 Å². The van der Waals surface area contributed by atoms with E-state index in [2.05, 4.69) is 22.1 Å². The van der Waals surface area contributed by atoms with Crippen LogP contribution in [0.4, 0.5) is 5.69 Å².